The molecule has 1 unspecified atom stereocenters. The molecule has 0 saturated heterocycles. The second-order valence-corrected chi connectivity index (χ2v) is 7.09. The van der Waals surface area contributed by atoms with Gasteiger partial charge in [-0.15, -0.1) is 0 Å². The van der Waals surface area contributed by atoms with Crippen LogP contribution in [0.1, 0.15) is 26.3 Å². The lowest BCUT2D eigenvalue weighted by molar-refractivity contribution is 0.282. The van der Waals surface area contributed by atoms with Crippen LogP contribution in [0.4, 0.5) is 0 Å². The third-order valence-corrected chi connectivity index (χ3v) is 5.29. The highest BCUT2D eigenvalue weighted by atomic mass is 35.5. The van der Waals surface area contributed by atoms with Crippen LogP contribution in [0.3, 0.4) is 0 Å². The molecule has 0 aromatic heterocycles. The maximum atomic E-state index is 12.4. The van der Waals surface area contributed by atoms with Gasteiger partial charge in [-0.2, -0.15) is 0 Å². The second kappa shape index (κ2) is 8.10. The van der Waals surface area contributed by atoms with Crippen LogP contribution in [0.15, 0.2) is 23.1 Å². The molecular weight excluding hydrogens is 310 g/mol. The quantitative estimate of drug-likeness (QED) is 0.760. The van der Waals surface area contributed by atoms with Crippen molar-refractivity contribution in [3.8, 4) is 0 Å². The molecule has 0 bridgehead atoms. The molecule has 5 nitrogen and oxygen atoms in total. The molecule has 0 spiro atoms. The average molecular weight is 334 g/mol. The summed E-state index contributed by atoms with van der Waals surface area (Å²) in [5.74, 6) is 0. The van der Waals surface area contributed by atoms with Crippen molar-refractivity contribution < 1.29 is 8.42 Å². The summed E-state index contributed by atoms with van der Waals surface area (Å²) >= 11 is 5.96. The van der Waals surface area contributed by atoms with E-state index in [4.69, 9.17) is 17.3 Å². The highest BCUT2D eigenvalue weighted by molar-refractivity contribution is 7.89. The Balaban J connectivity index is 2.86. The van der Waals surface area contributed by atoms with E-state index in [1.807, 2.05) is 6.92 Å². The van der Waals surface area contributed by atoms with Gasteiger partial charge in [0.05, 0.1) is 4.90 Å². The molecule has 7 heteroatoms. The maximum absolute atomic E-state index is 12.4. The van der Waals surface area contributed by atoms with Gasteiger partial charge < -0.3 is 10.6 Å². The largest absolute Gasteiger partial charge is 0.326 e. The Morgan fingerprint density at radius 3 is 2.48 bits per heavy atom. The number of nitrogens with two attached hydrogens (primary N) is 1. The van der Waals surface area contributed by atoms with Crippen molar-refractivity contribution in [1.82, 2.24) is 9.62 Å². The van der Waals surface area contributed by atoms with Gasteiger partial charge in [-0.1, -0.05) is 25.4 Å². The molecule has 21 heavy (non-hydrogen) atoms. The predicted molar refractivity (Wildman–Crippen MR) is 86.9 cm³/mol. The van der Waals surface area contributed by atoms with E-state index in [0.717, 1.165) is 13.1 Å². The van der Waals surface area contributed by atoms with Crippen molar-refractivity contribution in [1.29, 1.82) is 0 Å². The van der Waals surface area contributed by atoms with E-state index in [-0.39, 0.29) is 17.5 Å². The number of hydrogen-bond acceptors (Lipinski definition) is 4. The molecule has 1 aromatic carbocycles. The topological polar surface area (TPSA) is 75.4 Å². The van der Waals surface area contributed by atoms with Crippen molar-refractivity contribution >= 4 is 21.6 Å². The highest BCUT2D eigenvalue weighted by Crippen LogP contribution is 2.20. The molecule has 1 atom stereocenters. The average Bonchev–Trinajstić information content (AvgIpc) is 2.44. The minimum Gasteiger partial charge on any atom is -0.326 e. The van der Waals surface area contributed by atoms with Crippen molar-refractivity contribution in [3.05, 3.63) is 28.8 Å². The molecule has 0 aliphatic rings. The smallest absolute Gasteiger partial charge is 0.240 e. The highest BCUT2D eigenvalue weighted by Gasteiger charge is 2.19. The molecule has 0 saturated carbocycles. The van der Waals surface area contributed by atoms with Crippen molar-refractivity contribution in [2.45, 2.75) is 38.3 Å². The van der Waals surface area contributed by atoms with Crippen LogP contribution in [0.5, 0.6) is 0 Å². The van der Waals surface area contributed by atoms with Gasteiger partial charge in [-0.3, -0.25) is 0 Å². The summed E-state index contributed by atoms with van der Waals surface area (Å²) in [5.41, 5.74) is 6.18. The van der Waals surface area contributed by atoms with Crippen molar-refractivity contribution in [2.24, 2.45) is 5.73 Å². The number of sulfonamides is 1. The van der Waals surface area contributed by atoms with Gasteiger partial charge >= 0.3 is 0 Å². The van der Waals surface area contributed by atoms with E-state index < -0.39 is 10.0 Å². The molecule has 0 heterocycles. The van der Waals surface area contributed by atoms with Crippen LogP contribution in [0, 0.1) is 0 Å². The number of hydrogen-bond donors (Lipinski definition) is 2. The lowest BCUT2D eigenvalue weighted by Gasteiger charge is -2.23. The fourth-order valence-corrected chi connectivity index (χ4v) is 3.59. The summed E-state index contributed by atoms with van der Waals surface area (Å²) in [6.07, 6.45) is 0. The Morgan fingerprint density at radius 2 is 1.95 bits per heavy atom. The first-order chi connectivity index (χ1) is 9.83. The van der Waals surface area contributed by atoms with Gasteiger partial charge in [-0.05, 0) is 43.8 Å². The summed E-state index contributed by atoms with van der Waals surface area (Å²) in [6, 6.07) is 4.41. The number of likely N-dealkylation sites (N-methyl/N-ethyl adjacent to an activating group) is 1. The minimum absolute atomic E-state index is 0.174. The molecule has 0 aliphatic carbocycles. The Labute approximate surface area is 132 Å². The van der Waals surface area contributed by atoms with Crippen molar-refractivity contribution in [2.75, 3.05) is 19.6 Å². The minimum atomic E-state index is -3.56. The lowest BCUT2D eigenvalue weighted by Crippen LogP contribution is -2.41. The Kier molecular flexibility index (Phi) is 7.09. The first-order valence-corrected chi connectivity index (χ1v) is 8.93. The predicted octanol–water partition coefficient (Wildman–Crippen LogP) is 1.81. The van der Waals surface area contributed by atoms with Crippen LogP contribution in [-0.2, 0) is 16.6 Å². The molecular formula is C14H24ClN3O2S. The van der Waals surface area contributed by atoms with E-state index in [1.54, 1.807) is 6.07 Å². The summed E-state index contributed by atoms with van der Waals surface area (Å²) in [6.45, 7) is 8.62. The van der Waals surface area contributed by atoms with E-state index >= 15 is 0 Å². The first kappa shape index (κ1) is 18.4. The fourth-order valence-electron chi connectivity index (χ4n) is 2.11. The molecule has 0 fully saturated rings. The Morgan fingerprint density at radius 1 is 1.33 bits per heavy atom. The van der Waals surface area contributed by atoms with E-state index in [2.05, 4.69) is 23.5 Å². The standard InChI is InChI=1S/C14H24ClN3O2S/c1-4-18(5-2)10-11(3)17-21(19,20)13-6-7-14(15)12(8-13)9-16/h6-8,11,17H,4-5,9-10,16H2,1-3H3. The molecule has 0 aliphatic heterocycles. The number of halogens is 1. The Bertz CT molecular complexity index is 559. The van der Waals surface area contributed by atoms with E-state index in [0.29, 0.717) is 17.1 Å². The number of rotatable bonds is 8. The van der Waals surface area contributed by atoms with Gasteiger partial charge in [0, 0.05) is 24.2 Å². The SMILES string of the molecule is CCN(CC)CC(C)NS(=O)(=O)c1ccc(Cl)c(CN)c1. The zero-order chi connectivity index (χ0) is 16.0. The second-order valence-electron chi connectivity index (χ2n) is 4.97. The lowest BCUT2D eigenvalue weighted by atomic mass is 10.2. The summed E-state index contributed by atoms with van der Waals surface area (Å²) < 4.78 is 27.4. The van der Waals surface area contributed by atoms with Crippen LogP contribution < -0.4 is 10.5 Å². The number of nitrogens with one attached hydrogen (secondary N) is 1. The van der Waals surface area contributed by atoms with Gasteiger partial charge in [-0.25, -0.2) is 13.1 Å². The third-order valence-electron chi connectivity index (χ3n) is 3.33. The zero-order valence-electron chi connectivity index (χ0n) is 12.8. The number of nitrogens with zero attached hydrogens (tertiary/aromatic N) is 1. The number of benzene rings is 1. The molecule has 0 amide bonds. The zero-order valence-corrected chi connectivity index (χ0v) is 14.3. The maximum Gasteiger partial charge on any atom is 0.240 e. The first-order valence-electron chi connectivity index (χ1n) is 7.07. The van der Waals surface area contributed by atoms with Gasteiger partial charge in [0.25, 0.3) is 0 Å². The van der Waals surface area contributed by atoms with E-state index in [1.165, 1.54) is 12.1 Å². The van der Waals surface area contributed by atoms with Crippen LogP contribution in [0.2, 0.25) is 5.02 Å². The third kappa shape index (κ3) is 5.23. The molecule has 120 valence electrons. The van der Waals surface area contributed by atoms with Crippen LogP contribution in [0.25, 0.3) is 0 Å². The van der Waals surface area contributed by atoms with Gasteiger partial charge in [0.1, 0.15) is 0 Å². The Hall–Kier alpha value is -0.660. The normalized spacial score (nSPS) is 13.6. The molecule has 0 radical (unpaired) electrons. The summed E-state index contributed by atoms with van der Waals surface area (Å²) in [5, 5.41) is 0.479. The molecule has 3 N–H and O–H groups in total. The monoisotopic (exact) mass is 333 g/mol. The summed E-state index contributed by atoms with van der Waals surface area (Å²) in [4.78, 5) is 2.36. The van der Waals surface area contributed by atoms with Crippen molar-refractivity contribution in [3.63, 3.8) is 0 Å². The van der Waals surface area contributed by atoms with Crippen LogP contribution in [-0.4, -0.2) is 39.0 Å². The van der Waals surface area contributed by atoms with Gasteiger partial charge in [0.15, 0.2) is 0 Å². The fraction of sp³-hybridized carbons (Fsp3) is 0.571. The summed E-state index contributed by atoms with van der Waals surface area (Å²) in [7, 11) is -3.56. The van der Waals surface area contributed by atoms with Gasteiger partial charge in [0.2, 0.25) is 10.0 Å². The van der Waals surface area contributed by atoms with E-state index in [9.17, 15) is 8.42 Å². The molecule has 1 aromatic rings. The van der Waals surface area contributed by atoms with Crippen LogP contribution >= 0.6 is 11.6 Å². The molecule has 1 rings (SSSR count).